The predicted molar refractivity (Wildman–Crippen MR) is 117 cm³/mol. The molecule has 0 aromatic heterocycles. The molecule has 1 spiro atoms. The molecule has 0 unspecified atom stereocenters. The number of aryl methyl sites for hydroxylation is 2. The number of benzene rings is 2. The number of hydrogen-bond acceptors (Lipinski definition) is 4. The quantitative estimate of drug-likeness (QED) is 0.697. The van der Waals surface area contributed by atoms with Crippen molar-refractivity contribution in [1.82, 2.24) is 4.90 Å². The highest BCUT2D eigenvalue weighted by atomic mass is 35.5. The number of fused-ring (bicyclic) bond motifs is 7. The maximum atomic E-state index is 13.9. The lowest BCUT2D eigenvalue weighted by molar-refractivity contribution is -0.135. The Balaban J connectivity index is 1.56. The molecule has 6 nitrogen and oxygen atoms in total. The molecule has 3 saturated heterocycles. The summed E-state index contributed by atoms with van der Waals surface area (Å²) in [5.74, 6) is -2.02. The molecule has 3 amide bonds. The van der Waals surface area contributed by atoms with Crippen molar-refractivity contribution in [3.8, 4) is 0 Å². The van der Waals surface area contributed by atoms with Crippen LogP contribution >= 0.6 is 11.6 Å². The van der Waals surface area contributed by atoms with E-state index < -0.39 is 17.4 Å². The number of carbonyl (C=O) groups excluding carboxylic acids is 3. The highest BCUT2D eigenvalue weighted by Crippen LogP contribution is 2.60. The molecule has 1 N–H and O–H groups in total. The third-order valence-corrected chi connectivity index (χ3v) is 7.94. The van der Waals surface area contributed by atoms with Crippen LogP contribution in [0, 0.1) is 25.7 Å². The zero-order chi connectivity index (χ0) is 21.7. The second-order valence-corrected chi connectivity index (χ2v) is 9.53. The first-order valence-corrected chi connectivity index (χ1v) is 11.1. The zero-order valence-corrected chi connectivity index (χ0v) is 18.1. The fourth-order valence-electron chi connectivity index (χ4n) is 6.29. The number of anilines is 2. The van der Waals surface area contributed by atoms with E-state index in [0.29, 0.717) is 28.5 Å². The van der Waals surface area contributed by atoms with Crippen LogP contribution in [0.25, 0.3) is 0 Å². The molecule has 158 valence electrons. The van der Waals surface area contributed by atoms with Gasteiger partial charge in [0, 0.05) is 22.3 Å². The Kier molecular flexibility index (Phi) is 3.79. The van der Waals surface area contributed by atoms with Crippen molar-refractivity contribution in [3.63, 3.8) is 0 Å². The molecule has 0 saturated carbocycles. The molecular weight excluding hydrogens is 414 g/mol. The minimum atomic E-state index is -1.19. The smallest absolute Gasteiger partial charge is 0.250 e. The molecule has 0 bridgehead atoms. The highest BCUT2D eigenvalue weighted by molar-refractivity contribution is 6.31. The molecular formula is C24H22ClN3O3. The Morgan fingerprint density at radius 1 is 1.03 bits per heavy atom. The number of rotatable bonds is 1. The summed E-state index contributed by atoms with van der Waals surface area (Å²) in [4.78, 5) is 44.6. The minimum absolute atomic E-state index is 0.131. The van der Waals surface area contributed by atoms with Gasteiger partial charge in [-0.15, -0.1) is 0 Å². The summed E-state index contributed by atoms with van der Waals surface area (Å²) in [6.07, 6.45) is 1.69. The first-order chi connectivity index (χ1) is 14.9. The number of carbonyl (C=O) groups is 3. The summed E-state index contributed by atoms with van der Waals surface area (Å²) < 4.78 is 0. The van der Waals surface area contributed by atoms with E-state index in [1.54, 1.807) is 18.2 Å². The van der Waals surface area contributed by atoms with E-state index in [1.165, 1.54) is 4.90 Å². The first-order valence-electron chi connectivity index (χ1n) is 10.7. The average molecular weight is 436 g/mol. The summed E-state index contributed by atoms with van der Waals surface area (Å²) in [7, 11) is 0. The Hall–Kier alpha value is -2.70. The molecule has 4 aliphatic rings. The van der Waals surface area contributed by atoms with Gasteiger partial charge in [0.25, 0.3) is 0 Å². The fourth-order valence-corrected chi connectivity index (χ4v) is 6.47. The molecule has 4 heterocycles. The highest BCUT2D eigenvalue weighted by Gasteiger charge is 2.74. The van der Waals surface area contributed by atoms with Gasteiger partial charge in [0.15, 0.2) is 0 Å². The Morgan fingerprint density at radius 2 is 1.84 bits per heavy atom. The van der Waals surface area contributed by atoms with Gasteiger partial charge in [-0.1, -0.05) is 17.7 Å². The van der Waals surface area contributed by atoms with Gasteiger partial charge in [0.05, 0.1) is 17.5 Å². The maximum Gasteiger partial charge on any atom is 0.250 e. The van der Waals surface area contributed by atoms with Crippen LogP contribution in [0.3, 0.4) is 0 Å². The van der Waals surface area contributed by atoms with Gasteiger partial charge in [-0.2, -0.15) is 0 Å². The largest absolute Gasteiger partial charge is 0.324 e. The number of nitrogens with zero attached hydrogens (tertiary/aromatic N) is 2. The maximum absolute atomic E-state index is 13.9. The van der Waals surface area contributed by atoms with E-state index in [0.717, 1.165) is 24.0 Å². The van der Waals surface area contributed by atoms with Crippen LogP contribution in [0.5, 0.6) is 0 Å². The normalized spacial score (nSPS) is 31.4. The van der Waals surface area contributed by atoms with Gasteiger partial charge in [0.1, 0.15) is 5.54 Å². The summed E-state index contributed by atoms with van der Waals surface area (Å²) in [6, 6.07) is 10.8. The van der Waals surface area contributed by atoms with Crippen LogP contribution in [-0.2, 0) is 19.9 Å². The van der Waals surface area contributed by atoms with E-state index in [4.69, 9.17) is 11.6 Å². The Morgan fingerprint density at radius 3 is 2.61 bits per heavy atom. The third kappa shape index (κ3) is 2.19. The molecule has 4 atom stereocenters. The lowest BCUT2D eigenvalue weighted by atomic mass is 9.75. The van der Waals surface area contributed by atoms with Crippen molar-refractivity contribution in [2.24, 2.45) is 11.8 Å². The second kappa shape index (κ2) is 6.17. The molecule has 2 aromatic carbocycles. The number of halogens is 1. The zero-order valence-electron chi connectivity index (χ0n) is 17.3. The van der Waals surface area contributed by atoms with E-state index in [2.05, 4.69) is 10.2 Å². The molecule has 4 aliphatic heterocycles. The van der Waals surface area contributed by atoms with Gasteiger partial charge in [-0.3, -0.25) is 19.3 Å². The summed E-state index contributed by atoms with van der Waals surface area (Å²) in [6.45, 7) is 4.64. The molecule has 0 aliphatic carbocycles. The van der Waals surface area contributed by atoms with Crippen molar-refractivity contribution in [2.45, 2.75) is 38.3 Å². The van der Waals surface area contributed by atoms with Crippen molar-refractivity contribution in [2.75, 3.05) is 16.8 Å². The van der Waals surface area contributed by atoms with E-state index in [1.807, 2.05) is 32.0 Å². The molecule has 6 rings (SSSR count). The van der Waals surface area contributed by atoms with Gasteiger partial charge in [0.2, 0.25) is 17.7 Å². The first kappa shape index (κ1) is 19.0. The van der Waals surface area contributed by atoms with Gasteiger partial charge >= 0.3 is 0 Å². The average Bonchev–Trinajstić information content (AvgIpc) is 3.43. The van der Waals surface area contributed by atoms with Crippen LogP contribution < -0.4 is 10.2 Å². The van der Waals surface area contributed by atoms with Gasteiger partial charge < -0.3 is 5.32 Å². The lowest BCUT2D eigenvalue weighted by Gasteiger charge is -2.36. The topological polar surface area (TPSA) is 69.7 Å². The lowest BCUT2D eigenvalue weighted by Crippen LogP contribution is -2.54. The predicted octanol–water partition coefficient (Wildman–Crippen LogP) is 3.39. The fraction of sp³-hybridized carbons (Fsp3) is 0.375. The van der Waals surface area contributed by atoms with E-state index in [9.17, 15) is 14.4 Å². The summed E-state index contributed by atoms with van der Waals surface area (Å²) in [5, 5.41) is 3.48. The second-order valence-electron chi connectivity index (χ2n) is 9.10. The van der Waals surface area contributed by atoms with E-state index >= 15 is 0 Å². The van der Waals surface area contributed by atoms with Crippen LogP contribution in [0.15, 0.2) is 36.4 Å². The molecule has 7 heteroatoms. The number of nitrogens with one attached hydrogen (secondary N) is 1. The van der Waals surface area contributed by atoms with Crippen LogP contribution in [0.4, 0.5) is 11.4 Å². The SMILES string of the molecule is Cc1ccc(N2C(=O)[C@H]3[C@@H](C2=O)[C@@]2(C(=O)Nc4ccc(Cl)cc42)N2CCC[C@@H]32)cc1C. The number of hydrogen-bond donors (Lipinski definition) is 1. The van der Waals surface area contributed by atoms with Gasteiger partial charge in [-0.05, 0) is 74.7 Å². The van der Waals surface area contributed by atoms with Crippen molar-refractivity contribution >= 4 is 40.7 Å². The Labute approximate surface area is 185 Å². The number of amides is 3. The van der Waals surface area contributed by atoms with Crippen molar-refractivity contribution in [3.05, 3.63) is 58.1 Å². The van der Waals surface area contributed by atoms with Crippen molar-refractivity contribution in [1.29, 1.82) is 0 Å². The number of imide groups is 1. The summed E-state index contributed by atoms with van der Waals surface area (Å²) >= 11 is 6.32. The van der Waals surface area contributed by atoms with Crippen LogP contribution in [-0.4, -0.2) is 35.2 Å². The van der Waals surface area contributed by atoms with Crippen molar-refractivity contribution < 1.29 is 14.4 Å². The Bertz CT molecular complexity index is 1190. The van der Waals surface area contributed by atoms with Crippen LogP contribution in [0.1, 0.15) is 29.5 Å². The standard InChI is InChI=1S/C24H22ClN3O3/c1-12-5-7-15(10-13(12)2)28-21(29)19-18-4-3-9-27(18)24(20(19)22(28)30)16-11-14(25)6-8-17(16)26-23(24)31/h5-8,10-11,18-20H,3-4,9H2,1-2H3,(H,26,31)/t18-,19+,20-,24-/m0/s1. The molecule has 3 fully saturated rings. The van der Waals surface area contributed by atoms with Gasteiger partial charge in [-0.25, -0.2) is 4.90 Å². The third-order valence-electron chi connectivity index (χ3n) is 7.70. The molecule has 2 aromatic rings. The summed E-state index contributed by atoms with van der Waals surface area (Å²) in [5.41, 5.74) is 2.89. The van der Waals surface area contributed by atoms with Crippen LogP contribution in [0.2, 0.25) is 5.02 Å². The molecule has 0 radical (unpaired) electrons. The monoisotopic (exact) mass is 435 g/mol. The van der Waals surface area contributed by atoms with E-state index in [-0.39, 0.29) is 23.8 Å². The minimum Gasteiger partial charge on any atom is -0.324 e. The molecule has 31 heavy (non-hydrogen) atoms.